The van der Waals surface area contributed by atoms with E-state index in [9.17, 15) is 19.8 Å². The van der Waals surface area contributed by atoms with E-state index in [0.29, 0.717) is 15.8 Å². The van der Waals surface area contributed by atoms with E-state index in [1.807, 2.05) is 0 Å². The van der Waals surface area contributed by atoms with E-state index < -0.39 is 18.2 Å². The number of carbonyl (C=O) groups excluding carboxylic acids is 1. The van der Waals surface area contributed by atoms with E-state index in [4.69, 9.17) is 5.11 Å². The van der Waals surface area contributed by atoms with Crippen LogP contribution in [0.4, 0.5) is 0 Å². The van der Waals surface area contributed by atoms with Gasteiger partial charge in [-0.1, -0.05) is 27.7 Å². The lowest BCUT2D eigenvalue weighted by Crippen LogP contribution is -2.19. The van der Waals surface area contributed by atoms with Gasteiger partial charge in [0, 0.05) is 17.1 Å². The zero-order valence-corrected chi connectivity index (χ0v) is 13.1. The van der Waals surface area contributed by atoms with Crippen molar-refractivity contribution < 1.29 is 24.9 Å². The van der Waals surface area contributed by atoms with Crippen molar-refractivity contribution in [1.82, 2.24) is 0 Å². The molecule has 0 aliphatic rings. The lowest BCUT2D eigenvalue weighted by Gasteiger charge is -2.18. The summed E-state index contributed by atoms with van der Waals surface area (Å²) in [5.41, 5.74) is 0.343. The van der Waals surface area contributed by atoms with Crippen LogP contribution in [0, 0.1) is 0 Å². The van der Waals surface area contributed by atoms with Gasteiger partial charge in [-0.15, -0.1) is 0 Å². The first kappa shape index (κ1) is 17.2. The first-order chi connectivity index (χ1) is 9.31. The second-order valence-corrected chi connectivity index (χ2v) is 6.41. The van der Waals surface area contributed by atoms with Gasteiger partial charge in [0.05, 0.1) is 11.7 Å². The van der Waals surface area contributed by atoms with Crippen molar-refractivity contribution in [2.45, 2.75) is 25.6 Å². The van der Waals surface area contributed by atoms with Crippen LogP contribution >= 0.6 is 27.7 Å². The normalized spacial score (nSPS) is 13.8. The molecule has 110 valence electrons. The van der Waals surface area contributed by atoms with Gasteiger partial charge in [-0.25, -0.2) is 4.79 Å². The molecule has 20 heavy (non-hydrogen) atoms. The molecule has 0 aromatic heterocycles. The quantitative estimate of drug-likeness (QED) is 0.717. The highest BCUT2D eigenvalue weighted by molar-refractivity contribution is 9.10. The minimum atomic E-state index is -1.20. The number of carboxylic acids is 1. The third-order valence-electron chi connectivity index (χ3n) is 2.59. The number of aliphatic hydroxyl groups excluding tert-OH is 2. The van der Waals surface area contributed by atoms with Crippen LogP contribution in [0.25, 0.3) is 0 Å². The Morgan fingerprint density at radius 1 is 1.30 bits per heavy atom. The van der Waals surface area contributed by atoms with Gasteiger partial charge in [-0.05, 0) is 30.2 Å². The zero-order chi connectivity index (χ0) is 15.3. The fourth-order valence-corrected chi connectivity index (χ4v) is 2.77. The SMILES string of the molecule is CC(=O)SCCC(O)C(O)c1cc(Br)cc(C(=O)O)c1. The molecule has 0 aliphatic carbocycles. The minimum absolute atomic E-state index is 0.0266. The Hall–Kier alpha value is -0.890. The van der Waals surface area contributed by atoms with Crippen molar-refractivity contribution in [3.05, 3.63) is 33.8 Å². The van der Waals surface area contributed by atoms with Crippen LogP contribution in [0.1, 0.15) is 35.4 Å². The Morgan fingerprint density at radius 2 is 1.95 bits per heavy atom. The summed E-state index contributed by atoms with van der Waals surface area (Å²) in [6, 6.07) is 4.29. The zero-order valence-electron chi connectivity index (χ0n) is 10.7. The standard InChI is InChI=1S/C13H15BrO5S/c1-7(15)20-3-2-11(16)12(17)8-4-9(13(18)19)6-10(14)5-8/h4-6,11-12,16-17H,2-3H2,1H3,(H,18,19). The van der Waals surface area contributed by atoms with Crippen molar-refractivity contribution in [2.24, 2.45) is 0 Å². The predicted molar refractivity (Wildman–Crippen MR) is 79.8 cm³/mol. The number of benzene rings is 1. The molecule has 0 saturated carbocycles. The lowest BCUT2D eigenvalue weighted by molar-refractivity contribution is -0.109. The van der Waals surface area contributed by atoms with Crippen LogP contribution in [-0.2, 0) is 4.79 Å². The molecule has 3 N–H and O–H groups in total. The Kier molecular flexibility index (Phi) is 6.67. The Balaban J connectivity index is 2.77. The smallest absolute Gasteiger partial charge is 0.335 e. The molecule has 5 nitrogen and oxygen atoms in total. The van der Waals surface area contributed by atoms with Crippen molar-refractivity contribution >= 4 is 38.8 Å². The second kappa shape index (κ2) is 7.78. The van der Waals surface area contributed by atoms with Gasteiger partial charge in [-0.2, -0.15) is 0 Å². The van der Waals surface area contributed by atoms with E-state index in [2.05, 4.69) is 15.9 Å². The fourth-order valence-electron chi connectivity index (χ4n) is 1.61. The molecule has 0 aliphatic heterocycles. The summed E-state index contributed by atoms with van der Waals surface area (Å²) >= 11 is 4.24. The number of hydrogen-bond acceptors (Lipinski definition) is 5. The van der Waals surface area contributed by atoms with Crippen LogP contribution in [0.5, 0.6) is 0 Å². The topological polar surface area (TPSA) is 94.8 Å². The maximum Gasteiger partial charge on any atom is 0.335 e. The summed E-state index contributed by atoms with van der Waals surface area (Å²) in [4.78, 5) is 21.7. The lowest BCUT2D eigenvalue weighted by atomic mass is 10.0. The number of aromatic carboxylic acids is 1. The van der Waals surface area contributed by atoms with Gasteiger partial charge in [-0.3, -0.25) is 4.79 Å². The maximum atomic E-state index is 10.9. The highest BCUT2D eigenvalue weighted by atomic mass is 79.9. The maximum absolute atomic E-state index is 10.9. The first-order valence-electron chi connectivity index (χ1n) is 5.84. The van der Waals surface area contributed by atoms with Gasteiger partial charge in [0.1, 0.15) is 6.10 Å². The van der Waals surface area contributed by atoms with Gasteiger partial charge in [0.25, 0.3) is 0 Å². The molecule has 1 aromatic rings. The molecule has 1 rings (SSSR count). The highest BCUT2D eigenvalue weighted by Gasteiger charge is 2.20. The average Bonchev–Trinajstić information content (AvgIpc) is 2.36. The monoisotopic (exact) mass is 362 g/mol. The molecule has 0 spiro atoms. The third-order valence-corrected chi connectivity index (χ3v) is 3.90. The molecule has 0 heterocycles. The molecule has 0 bridgehead atoms. The summed E-state index contributed by atoms with van der Waals surface area (Å²) in [6.45, 7) is 1.43. The van der Waals surface area contributed by atoms with E-state index in [0.717, 1.165) is 11.8 Å². The highest BCUT2D eigenvalue weighted by Crippen LogP contribution is 2.25. The number of hydrogen-bond donors (Lipinski definition) is 3. The van der Waals surface area contributed by atoms with E-state index in [1.54, 1.807) is 6.07 Å². The molecule has 0 radical (unpaired) electrons. The summed E-state index contributed by atoms with van der Waals surface area (Å²) in [5, 5.41) is 28.8. The molecule has 2 unspecified atom stereocenters. The molecule has 0 amide bonds. The minimum Gasteiger partial charge on any atom is -0.478 e. The fraction of sp³-hybridized carbons (Fsp3) is 0.385. The number of aliphatic hydroxyl groups is 2. The first-order valence-corrected chi connectivity index (χ1v) is 7.62. The summed E-state index contributed by atoms with van der Waals surface area (Å²) in [6.07, 6.45) is -2.02. The van der Waals surface area contributed by atoms with Crippen LogP contribution in [0.15, 0.2) is 22.7 Å². The Bertz CT molecular complexity index is 506. The van der Waals surface area contributed by atoms with Gasteiger partial charge < -0.3 is 15.3 Å². The Labute approximate surface area is 129 Å². The molecule has 1 aromatic carbocycles. The number of thioether (sulfide) groups is 1. The number of carboxylic acid groups (broad SMARTS) is 1. The van der Waals surface area contributed by atoms with Crippen molar-refractivity contribution in [1.29, 1.82) is 0 Å². The number of rotatable bonds is 6. The van der Waals surface area contributed by atoms with Gasteiger partial charge in [0.15, 0.2) is 5.12 Å². The van der Waals surface area contributed by atoms with Crippen LogP contribution < -0.4 is 0 Å². The van der Waals surface area contributed by atoms with Crippen molar-refractivity contribution in [3.8, 4) is 0 Å². The Morgan fingerprint density at radius 3 is 2.50 bits per heavy atom. The number of halogens is 1. The van der Waals surface area contributed by atoms with E-state index >= 15 is 0 Å². The van der Waals surface area contributed by atoms with Crippen LogP contribution in [0.3, 0.4) is 0 Å². The predicted octanol–water partition coefficient (Wildman–Crippen LogP) is 2.21. The number of carbonyl (C=O) groups is 2. The second-order valence-electron chi connectivity index (χ2n) is 4.22. The third kappa shape index (κ3) is 5.24. The van der Waals surface area contributed by atoms with E-state index in [-0.39, 0.29) is 17.1 Å². The van der Waals surface area contributed by atoms with E-state index in [1.165, 1.54) is 19.1 Å². The van der Waals surface area contributed by atoms with Crippen LogP contribution in [-0.4, -0.2) is 38.3 Å². The largest absolute Gasteiger partial charge is 0.478 e. The molecular weight excluding hydrogens is 348 g/mol. The molecular formula is C13H15BrO5S. The molecule has 0 saturated heterocycles. The summed E-state index contributed by atoms with van der Waals surface area (Å²) < 4.78 is 0.511. The van der Waals surface area contributed by atoms with Gasteiger partial charge >= 0.3 is 5.97 Å². The molecule has 0 fully saturated rings. The van der Waals surface area contributed by atoms with Crippen molar-refractivity contribution in [2.75, 3.05) is 5.75 Å². The van der Waals surface area contributed by atoms with Gasteiger partial charge in [0.2, 0.25) is 0 Å². The van der Waals surface area contributed by atoms with Crippen molar-refractivity contribution in [3.63, 3.8) is 0 Å². The average molecular weight is 363 g/mol. The summed E-state index contributed by atoms with van der Waals surface area (Å²) in [7, 11) is 0. The summed E-state index contributed by atoms with van der Waals surface area (Å²) in [5.74, 6) is -0.714. The molecule has 2 atom stereocenters. The van der Waals surface area contributed by atoms with Crippen LogP contribution in [0.2, 0.25) is 0 Å². The molecule has 7 heteroatoms.